The molecule has 2 aromatic carbocycles. The number of aromatic carboxylic acids is 1. The smallest absolute Gasteiger partial charge is 0.335 e. The van der Waals surface area contributed by atoms with E-state index in [9.17, 15) is 19.7 Å². The first-order valence-electron chi connectivity index (χ1n) is 10.6. The van der Waals surface area contributed by atoms with Gasteiger partial charge in [0.1, 0.15) is 6.04 Å². The molecule has 0 bridgehead atoms. The van der Waals surface area contributed by atoms with Gasteiger partial charge in [-0.2, -0.15) is 4.98 Å². The predicted molar refractivity (Wildman–Crippen MR) is 124 cm³/mol. The van der Waals surface area contributed by atoms with Crippen LogP contribution in [-0.2, 0) is 10.5 Å². The van der Waals surface area contributed by atoms with Crippen LogP contribution in [0.1, 0.15) is 46.8 Å². The van der Waals surface area contributed by atoms with Gasteiger partial charge in [0.05, 0.1) is 10.5 Å². The number of rotatable bonds is 6. The fourth-order valence-electron chi connectivity index (χ4n) is 4.21. The van der Waals surface area contributed by atoms with Gasteiger partial charge in [0, 0.05) is 35.6 Å². The number of fused-ring (bicyclic) bond motifs is 1. The summed E-state index contributed by atoms with van der Waals surface area (Å²) in [6.07, 6.45) is 1.84. The van der Waals surface area contributed by atoms with Crippen molar-refractivity contribution in [2.75, 3.05) is 5.32 Å². The number of carboxylic acids is 1. The highest BCUT2D eigenvalue weighted by Crippen LogP contribution is 2.41. The summed E-state index contributed by atoms with van der Waals surface area (Å²) in [5.74, 6) is 0.0245. The number of hydrogen-bond donors (Lipinski definition) is 2. The second kappa shape index (κ2) is 8.75. The number of nitro groups is 1. The van der Waals surface area contributed by atoms with Crippen LogP contribution in [0.25, 0.3) is 0 Å². The predicted octanol–water partition coefficient (Wildman–Crippen LogP) is 4.20. The molecule has 1 atom stereocenters. The molecular formula is C23H19N5O5S. The van der Waals surface area contributed by atoms with Crippen molar-refractivity contribution < 1.29 is 19.6 Å². The molecule has 2 N–H and O–H groups in total. The molecule has 3 aromatic rings. The molecule has 0 radical (unpaired) electrons. The minimum Gasteiger partial charge on any atom is -0.478 e. The van der Waals surface area contributed by atoms with Crippen molar-refractivity contribution in [1.82, 2.24) is 14.8 Å². The number of benzene rings is 2. The molecule has 2 heterocycles. The molecule has 34 heavy (non-hydrogen) atoms. The monoisotopic (exact) mass is 477 g/mol. The lowest BCUT2D eigenvalue weighted by molar-refractivity contribution is -0.384. The van der Waals surface area contributed by atoms with E-state index in [-0.39, 0.29) is 17.0 Å². The van der Waals surface area contributed by atoms with Crippen LogP contribution < -0.4 is 5.32 Å². The van der Waals surface area contributed by atoms with Crippen LogP contribution in [0.15, 0.2) is 65.0 Å². The number of Topliss-reactive ketones (excluding diaryl/α,β-unsaturated/α-hetero) is 1. The number of aromatic nitrogens is 3. The number of thioether (sulfide) groups is 1. The van der Waals surface area contributed by atoms with E-state index in [2.05, 4.69) is 15.4 Å². The molecule has 5 rings (SSSR count). The van der Waals surface area contributed by atoms with Gasteiger partial charge in [0.15, 0.2) is 5.78 Å². The van der Waals surface area contributed by atoms with E-state index in [4.69, 9.17) is 5.11 Å². The van der Waals surface area contributed by atoms with Crippen molar-refractivity contribution in [3.8, 4) is 0 Å². The Bertz CT molecular complexity index is 1350. The Labute approximate surface area is 197 Å². The molecule has 172 valence electrons. The Kier molecular flexibility index (Phi) is 5.62. The van der Waals surface area contributed by atoms with Gasteiger partial charge in [-0.25, -0.2) is 9.48 Å². The van der Waals surface area contributed by atoms with E-state index in [1.54, 1.807) is 41.1 Å². The maximum absolute atomic E-state index is 12.9. The number of carbonyl (C=O) groups excluding carboxylic acids is 1. The zero-order chi connectivity index (χ0) is 23.8. The number of nitrogens with zero attached hydrogens (tertiary/aromatic N) is 4. The number of anilines is 1. The lowest BCUT2D eigenvalue weighted by atomic mass is 9.85. The molecule has 0 saturated heterocycles. The van der Waals surface area contributed by atoms with Crippen molar-refractivity contribution >= 4 is 35.2 Å². The Morgan fingerprint density at radius 2 is 2.03 bits per heavy atom. The zero-order valence-electron chi connectivity index (χ0n) is 17.8. The molecule has 2 aliphatic rings. The van der Waals surface area contributed by atoms with Crippen molar-refractivity contribution in [3.63, 3.8) is 0 Å². The number of nitro benzene ring substituents is 1. The molecule has 1 aliphatic carbocycles. The van der Waals surface area contributed by atoms with Crippen molar-refractivity contribution in [1.29, 1.82) is 0 Å². The topological polar surface area (TPSA) is 140 Å². The Morgan fingerprint density at radius 3 is 2.76 bits per heavy atom. The maximum Gasteiger partial charge on any atom is 0.335 e. The molecular weight excluding hydrogens is 458 g/mol. The fraction of sp³-hybridized carbons (Fsp3) is 0.217. The van der Waals surface area contributed by atoms with Crippen LogP contribution >= 0.6 is 11.8 Å². The van der Waals surface area contributed by atoms with Gasteiger partial charge in [-0.15, -0.1) is 5.10 Å². The van der Waals surface area contributed by atoms with Gasteiger partial charge < -0.3 is 10.4 Å². The average Bonchev–Trinajstić information content (AvgIpc) is 3.24. The number of allylic oxidation sites excluding steroid dienone is 2. The quantitative estimate of drug-likeness (QED) is 0.303. The van der Waals surface area contributed by atoms with Gasteiger partial charge >= 0.3 is 5.97 Å². The molecule has 0 spiro atoms. The highest BCUT2D eigenvalue weighted by molar-refractivity contribution is 7.98. The van der Waals surface area contributed by atoms with E-state index in [0.29, 0.717) is 40.8 Å². The van der Waals surface area contributed by atoms with Crippen LogP contribution in [0.5, 0.6) is 0 Å². The van der Waals surface area contributed by atoms with Gasteiger partial charge in [0.25, 0.3) is 5.69 Å². The van der Waals surface area contributed by atoms with E-state index >= 15 is 0 Å². The normalized spacial score (nSPS) is 17.1. The highest BCUT2D eigenvalue weighted by atomic mass is 32.2. The summed E-state index contributed by atoms with van der Waals surface area (Å²) in [5.41, 5.74) is 3.04. The van der Waals surface area contributed by atoms with Crippen molar-refractivity contribution in [2.45, 2.75) is 36.2 Å². The average molecular weight is 478 g/mol. The Morgan fingerprint density at radius 1 is 1.24 bits per heavy atom. The first-order chi connectivity index (χ1) is 16.4. The van der Waals surface area contributed by atoms with Crippen LogP contribution in [-0.4, -0.2) is 36.5 Å². The highest BCUT2D eigenvalue weighted by Gasteiger charge is 2.37. The molecule has 1 aromatic heterocycles. The molecule has 10 nitrogen and oxygen atoms in total. The fourth-order valence-corrected chi connectivity index (χ4v) is 4.99. The third-order valence-corrected chi connectivity index (χ3v) is 6.72. The van der Waals surface area contributed by atoms with E-state index in [1.165, 1.54) is 23.9 Å². The lowest BCUT2D eigenvalue weighted by Crippen LogP contribution is -2.31. The van der Waals surface area contributed by atoms with E-state index in [1.807, 2.05) is 0 Å². The molecule has 1 unspecified atom stereocenters. The second-order valence-electron chi connectivity index (χ2n) is 8.00. The second-order valence-corrected chi connectivity index (χ2v) is 8.94. The van der Waals surface area contributed by atoms with E-state index < -0.39 is 16.9 Å². The summed E-state index contributed by atoms with van der Waals surface area (Å²) >= 11 is 1.38. The third kappa shape index (κ3) is 4.05. The molecule has 0 saturated carbocycles. The first kappa shape index (κ1) is 21.8. The van der Waals surface area contributed by atoms with Crippen molar-refractivity contribution in [2.24, 2.45) is 0 Å². The SMILES string of the molecule is O=C1CCCC2=C1C(c1cccc([N+](=O)[O-])c1)n1nc(SCc3ccc(C(=O)O)cc3)nc1N2. The Hall–Kier alpha value is -3.99. The lowest BCUT2D eigenvalue weighted by Gasteiger charge is -2.32. The van der Waals surface area contributed by atoms with Gasteiger partial charge in [-0.1, -0.05) is 36.0 Å². The largest absolute Gasteiger partial charge is 0.478 e. The van der Waals surface area contributed by atoms with Crippen molar-refractivity contribution in [3.05, 3.63) is 86.6 Å². The molecule has 0 amide bonds. The third-order valence-electron chi connectivity index (χ3n) is 5.81. The van der Waals surface area contributed by atoms with Crippen LogP contribution in [0, 0.1) is 10.1 Å². The number of carbonyl (C=O) groups is 2. The van der Waals surface area contributed by atoms with Gasteiger partial charge in [0.2, 0.25) is 11.1 Å². The minimum absolute atomic E-state index is 0.000806. The number of non-ortho nitro benzene ring substituents is 1. The van der Waals surface area contributed by atoms with Crippen LogP contribution in [0.2, 0.25) is 0 Å². The zero-order valence-corrected chi connectivity index (χ0v) is 18.6. The minimum atomic E-state index is -0.980. The van der Waals surface area contributed by atoms with Crippen LogP contribution in [0.4, 0.5) is 11.6 Å². The maximum atomic E-state index is 12.9. The molecule has 0 fully saturated rings. The first-order valence-corrected chi connectivity index (χ1v) is 11.6. The standard InChI is InChI=1S/C23H19N5O5S/c29-18-6-2-5-17-19(18)20(15-3-1-4-16(11-15)28(32)33)27-22(24-17)25-23(26-27)34-12-13-7-9-14(10-8-13)21(30)31/h1,3-4,7-11,20H,2,5-6,12H2,(H,30,31)(H,24,25,26). The molecule has 11 heteroatoms. The summed E-state index contributed by atoms with van der Waals surface area (Å²) in [5, 5.41) is 28.7. The number of carboxylic acid groups (broad SMARTS) is 1. The number of ketones is 1. The summed E-state index contributed by atoms with van der Waals surface area (Å²) in [4.78, 5) is 39.4. The summed E-state index contributed by atoms with van der Waals surface area (Å²) in [6, 6.07) is 12.3. The van der Waals surface area contributed by atoms with Crippen LogP contribution in [0.3, 0.4) is 0 Å². The number of hydrogen-bond acceptors (Lipinski definition) is 8. The summed E-state index contributed by atoms with van der Waals surface area (Å²) < 4.78 is 1.62. The summed E-state index contributed by atoms with van der Waals surface area (Å²) in [7, 11) is 0. The Balaban J connectivity index is 1.48. The van der Waals surface area contributed by atoms with Gasteiger partial charge in [-0.05, 0) is 36.1 Å². The summed E-state index contributed by atoms with van der Waals surface area (Å²) in [6.45, 7) is 0. The number of nitrogens with one attached hydrogen (secondary N) is 1. The van der Waals surface area contributed by atoms with Gasteiger partial charge in [-0.3, -0.25) is 14.9 Å². The van der Waals surface area contributed by atoms with E-state index in [0.717, 1.165) is 17.7 Å². The molecule has 1 aliphatic heterocycles.